The number of hydrogen-bond acceptors (Lipinski definition) is 4. The van der Waals surface area contributed by atoms with E-state index >= 15 is 0 Å². The number of Topliss-reactive ketones (excluding diaryl/α,β-unsaturated/α-hetero) is 1. The van der Waals surface area contributed by atoms with Crippen LogP contribution in [0.15, 0.2) is 53.7 Å². The molecule has 0 radical (unpaired) electrons. The van der Waals surface area contributed by atoms with Gasteiger partial charge in [0.15, 0.2) is 5.78 Å². The molecule has 1 aromatic heterocycles. The van der Waals surface area contributed by atoms with Gasteiger partial charge >= 0.3 is 0 Å². The molecule has 0 fully saturated rings. The van der Waals surface area contributed by atoms with E-state index in [0.717, 1.165) is 0 Å². The van der Waals surface area contributed by atoms with Gasteiger partial charge in [-0.05, 0) is 37.3 Å². The van der Waals surface area contributed by atoms with Crippen LogP contribution in [-0.2, 0) is 13.2 Å². The zero-order valence-corrected chi connectivity index (χ0v) is 14.1. The second-order valence-corrected chi connectivity index (χ2v) is 6.09. The summed E-state index contributed by atoms with van der Waals surface area (Å²) < 4.78 is 16.3. The summed E-state index contributed by atoms with van der Waals surface area (Å²) in [7, 11) is 0. The maximum Gasteiger partial charge on any atom is 0.159 e. The number of aliphatic imine (C=N–C) groups is 1. The Morgan fingerprint density at radius 2 is 2.04 bits per heavy atom. The Bertz CT molecular complexity index is 1050. The summed E-state index contributed by atoms with van der Waals surface area (Å²) >= 11 is 0. The van der Waals surface area contributed by atoms with Crippen molar-refractivity contribution in [3.8, 4) is 5.69 Å². The van der Waals surface area contributed by atoms with Crippen LogP contribution < -0.4 is 0 Å². The minimum absolute atomic E-state index is 0.0850. The third-order valence-corrected chi connectivity index (χ3v) is 4.48. The topological polar surface area (TPSA) is 67.5 Å². The number of ketones is 1. The van der Waals surface area contributed by atoms with E-state index in [1.54, 1.807) is 42.6 Å². The van der Waals surface area contributed by atoms with Crippen molar-refractivity contribution in [1.82, 2.24) is 9.55 Å². The lowest BCUT2D eigenvalue weighted by Gasteiger charge is -2.15. The highest BCUT2D eigenvalue weighted by Gasteiger charge is 2.23. The lowest BCUT2D eigenvalue weighted by atomic mass is 9.97. The normalized spacial score (nSPS) is 12.8. The number of nitrogens with zero attached hydrogens (tertiary/aromatic N) is 3. The van der Waals surface area contributed by atoms with Gasteiger partial charge in [-0.25, -0.2) is 9.37 Å². The van der Waals surface area contributed by atoms with E-state index in [0.29, 0.717) is 39.6 Å². The number of aliphatic hydroxyl groups excluding tert-OH is 1. The molecule has 0 amide bonds. The van der Waals surface area contributed by atoms with E-state index in [-0.39, 0.29) is 24.8 Å². The molecule has 2 aromatic carbocycles. The van der Waals surface area contributed by atoms with E-state index in [4.69, 9.17) is 0 Å². The average molecular weight is 349 g/mol. The van der Waals surface area contributed by atoms with Crippen molar-refractivity contribution in [2.24, 2.45) is 4.99 Å². The van der Waals surface area contributed by atoms with Crippen LogP contribution >= 0.6 is 0 Å². The van der Waals surface area contributed by atoms with Crippen LogP contribution in [-0.4, -0.2) is 26.2 Å². The highest BCUT2D eigenvalue weighted by molar-refractivity contribution is 6.16. The Labute approximate surface area is 149 Å². The van der Waals surface area contributed by atoms with Gasteiger partial charge in [-0.1, -0.05) is 12.1 Å². The van der Waals surface area contributed by atoms with Crippen LogP contribution in [0.25, 0.3) is 5.69 Å². The molecule has 1 aliphatic heterocycles. The molecule has 6 heteroatoms. The van der Waals surface area contributed by atoms with Crippen molar-refractivity contribution in [1.29, 1.82) is 0 Å². The molecular formula is C20H16FN3O2. The zero-order valence-electron chi connectivity index (χ0n) is 14.1. The van der Waals surface area contributed by atoms with Crippen LogP contribution in [0.2, 0.25) is 0 Å². The molecule has 1 aliphatic rings. The second kappa shape index (κ2) is 6.31. The Balaban J connectivity index is 2.03. The highest BCUT2D eigenvalue weighted by Crippen LogP contribution is 2.28. The summed E-state index contributed by atoms with van der Waals surface area (Å²) in [6, 6.07) is 11.7. The number of aromatic nitrogens is 2. The van der Waals surface area contributed by atoms with Gasteiger partial charge in [0.1, 0.15) is 11.6 Å². The van der Waals surface area contributed by atoms with Crippen molar-refractivity contribution in [3.05, 3.63) is 82.7 Å². The number of hydrogen-bond donors (Lipinski definition) is 1. The van der Waals surface area contributed by atoms with Gasteiger partial charge in [-0.15, -0.1) is 0 Å². The second-order valence-electron chi connectivity index (χ2n) is 6.09. The number of fused-ring (bicyclic) bond motifs is 3. The Morgan fingerprint density at radius 1 is 1.23 bits per heavy atom. The van der Waals surface area contributed by atoms with Gasteiger partial charge < -0.3 is 5.11 Å². The summed E-state index contributed by atoms with van der Waals surface area (Å²) in [5.74, 6) is 0.183. The van der Waals surface area contributed by atoms with Crippen LogP contribution in [0.3, 0.4) is 0 Å². The van der Waals surface area contributed by atoms with E-state index in [1.807, 2.05) is 4.57 Å². The van der Waals surface area contributed by atoms with Gasteiger partial charge in [0.25, 0.3) is 0 Å². The van der Waals surface area contributed by atoms with E-state index in [9.17, 15) is 14.3 Å². The van der Waals surface area contributed by atoms with Crippen molar-refractivity contribution in [3.63, 3.8) is 0 Å². The molecule has 0 unspecified atom stereocenters. The van der Waals surface area contributed by atoms with E-state index < -0.39 is 0 Å². The quantitative estimate of drug-likeness (QED) is 0.739. The van der Waals surface area contributed by atoms with Crippen LogP contribution in [0.4, 0.5) is 4.39 Å². The van der Waals surface area contributed by atoms with Crippen LogP contribution in [0.5, 0.6) is 0 Å². The summed E-state index contributed by atoms with van der Waals surface area (Å²) in [5.41, 5.74) is 3.31. The molecule has 2 heterocycles. The number of halogens is 1. The number of imidazole rings is 1. The minimum atomic E-state index is -0.382. The van der Waals surface area contributed by atoms with Gasteiger partial charge in [0, 0.05) is 16.7 Å². The first-order valence-electron chi connectivity index (χ1n) is 8.21. The summed E-state index contributed by atoms with van der Waals surface area (Å²) in [4.78, 5) is 20.8. The predicted octanol–water partition coefficient (Wildman–Crippen LogP) is 3.06. The third kappa shape index (κ3) is 2.55. The smallest absolute Gasteiger partial charge is 0.159 e. The van der Waals surface area contributed by atoms with Gasteiger partial charge in [-0.3, -0.25) is 14.4 Å². The maximum absolute atomic E-state index is 14.4. The van der Waals surface area contributed by atoms with E-state index in [2.05, 4.69) is 9.98 Å². The standard InChI is InChI=1S/C20H16FN3O2/c1-12(26)13-6-7-18-16(8-13)20(15-4-2-3-5-17(15)21)23-10-19-22-9-14(11-25)24(18)19/h2-9,25H,10-11H2,1H3. The first kappa shape index (κ1) is 16.4. The van der Waals surface area contributed by atoms with Crippen molar-refractivity contribution >= 4 is 11.5 Å². The van der Waals surface area contributed by atoms with Crippen molar-refractivity contribution < 1.29 is 14.3 Å². The fourth-order valence-electron chi connectivity index (χ4n) is 3.21. The summed E-state index contributed by atoms with van der Waals surface area (Å²) in [5, 5.41) is 9.66. The monoisotopic (exact) mass is 349 g/mol. The average Bonchev–Trinajstić information content (AvgIpc) is 2.98. The van der Waals surface area contributed by atoms with Crippen molar-refractivity contribution in [2.75, 3.05) is 0 Å². The molecule has 5 nitrogen and oxygen atoms in total. The first-order chi connectivity index (χ1) is 12.6. The largest absolute Gasteiger partial charge is 0.390 e. The molecule has 1 N–H and O–H groups in total. The highest BCUT2D eigenvalue weighted by atomic mass is 19.1. The Morgan fingerprint density at radius 3 is 2.77 bits per heavy atom. The summed E-state index contributed by atoms with van der Waals surface area (Å²) in [6.45, 7) is 1.55. The SMILES string of the molecule is CC(=O)c1ccc2c(c1)C(c1ccccc1F)=NCc1ncc(CO)n1-2. The number of carbonyl (C=O) groups excluding carboxylic acids is 1. The zero-order chi connectivity index (χ0) is 18.3. The third-order valence-electron chi connectivity index (χ3n) is 4.48. The number of aliphatic hydroxyl groups is 1. The lowest BCUT2D eigenvalue weighted by Crippen LogP contribution is -2.11. The minimum Gasteiger partial charge on any atom is -0.390 e. The molecule has 0 aliphatic carbocycles. The molecule has 0 saturated carbocycles. The number of benzene rings is 2. The number of carbonyl (C=O) groups is 1. The molecule has 26 heavy (non-hydrogen) atoms. The van der Waals surface area contributed by atoms with E-state index in [1.165, 1.54) is 13.0 Å². The van der Waals surface area contributed by atoms with Crippen LogP contribution in [0.1, 0.15) is 39.9 Å². The fourth-order valence-corrected chi connectivity index (χ4v) is 3.21. The molecule has 0 saturated heterocycles. The van der Waals surface area contributed by atoms with Crippen LogP contribution in [0, 0.1) is 5.82 Å². The maximum atomic E-state index is 14.4. The van der Waals surface area contributed by atoms with Gasteiger partial charge in [0.2, 0.25) is 0 Å². The van der Waals surface area contributed by atoms with Crippen molar-refractivity contribution in [2.45, 2.75) is 20.1 Å². The van der Waals surface area contributed by atoms with Gasteiger partial charge in [-0.2, -0.15) is 0 Å². The lowest BCUT2D eigenvalue weighted by molar-refractivity contribution is 0.101. The fraction of sp³-hybridized carbons (Fsp3) is 0.150. The molecule has 4 rings (SSSR count). The van der Waals surface area contributed by atoms with Gasteiger partial charge in [0.05, 0.1) is 36.4 Å². The summed E-state index contributed by atoms with van der Waals surface area (Å²) in [6.07, 6.45) is 1.60. The first-order valence-corrected chi connectivity index (χ1v) is 8.21. The molecular weight excluding hydrogens is 333 g/mol. The number of rotatable bonds is 3. The Kier molecular flexibility index (Phi) is 3.97. The molecule has 0 atom stereocenters. The predicted molar refractivity (Wildman–Crippen MR) is 95.2 cm³/mol. The molecule has 0 bridgehead atoms. The molecule has 3 aromatic rings. The Hall–Kier alpha value is -3.12. The molecule has 0 spiro atoms. The molecule has 130 valence electrons.